The number of rotatable bonds is 13. The van der Waals surface area contributed by atoms with Crippen molar-refractivity contribution in [2.75, 3.05) is 24.4 Å². The second kappa shape index (κ2) is 18.8. The van der Waals surface area contributed by atoms with Crippen LogP contribution < -0.4 is 19.1 Å². The maximum absolute atomic E-state index is 14.5. The standard InChI is InChI=1S/C21H23ClFNO5.C15H10ClF3N2O6S/c1-2-3-6-9-28-19(25)12-29-18-11-17(16(23)10-15(18)22)24-20(26)13-7-4-5-8-14(13)21(24)27;1-28(25,26)20-14(22)10-7-9(3-4-12(10)21(23)24)27-13-5-2-8(6-11(13)16)15(17,18)19/h10-11H,2-9,12H2,1H3;2-7H,1H3,(H,20,22). The van der Waals surface area contributed by atoms with Gasteiger partial charge in [-0.1, -0.05) is 43.0 Å². The first-order chi connectivity index (χ1) is 26.7. The van der Waals surface area contributed by atoms with Crippen molar-refractivity contribution >= 4 is 68.3 Å². The summed E-state index contributed by atoms with van der Waals surface area (Å²) in [6, 6.07) is 7.24. The second-order valence-electron chi connectivity index (χ2n) is 12.4. The number of nitro benzene ring substituents is 1. The number of nitro groups is 1. The summed E-state index contributed by atoms with van der Waals surface area (Å²) in [6.45, 7) is 1.93. The molecule has 0 aromatic heterocycles. The van der Waals surface area contributed by atoms with Crippen LogP contribution in [0.4, 0.5) is 28.9 Å². The van der Waals surface area contributed by atoms with Crippen LogP contribution in [0, 0.1) is 15.9 Å². The Morgan fingerprint density at radius 2 is 1.58 bits per heavy atom. The van der Waals surface area contributed by atoms with E-state index in [4.69, 9.17) is 37.4 Å². The van der Waals surface area contributed by atoms with Gasteiger partial charge in [0.1, 0.15) is 28.6 Å². The quantitative estimate of drug-likeness (QED) is 0.0437. The van der Waals surface area contributed by atoms with Crippen LogP contribution >= 0.6 is 23.2 Å². The van der Waals surface area contributed by atoms with Crippen LogP contribution in [-0.4, -0.2) is 56.5 Å². The summed E-state index contributed by atoms with van der Waals surface area (Å²) in [6.07, 6.45) is 1.46. The van der Waals surface area contributed by atoms with Gasteiger partial charge in [-0.2, -0.15) is 13.2 Å². The number of imide groups is 1. The minimum atomic E-state index is -4.62. The number of sulfonamides is 1. The van der Waals surface area contributed by atoms with E-state index in [-0.39, 0.29) is 28.0 Å². The number of amides is 3. The maximum Gasteiger partial charge on any atom is 0.416 e. The maximum atomic E-state index is 14.5. The molecule has 0 bridgehead atoms. The van der Waals surface area contributed by atoms with Gasteiger partial charge in [-0.15, -0.1) is 0 Å². The lowest BCUT2D eigenvalue weighted by Crippen LogP contribution is -2.32. The highest BCUT2D eigenvalue weighted by Crippen LogP contribution is 2.40. The third-order valence-corrected chi connectivity index (χ3v) is 9.31. The summed E-state index contributed by atoms with van der Waals surface area (Å²) in [5.41, 5.74) is -1.67. The van der Waals surface area contributed by atoms with Gasteiger partial charge in [-0.3, -0.25) is 24.5 Å². The molecular formula is C36H33Cl2F4N3O11S. The Kier molecular flexibility index (Phi) is 14.6. The molecule has 1 N–H and O–H groups in total. The molecule has 3 amide bonds. The van der Waals surface area contributed by atoms with Crippen LogP contribution in [-0.2, 0) is 35.3 Å². The minimum absolute atomic E-state index is 0.000883. The first-order valence-corrected chi connectivity index (χ1v) is 19.6. The molecule has 0 saturated carbocycles. The Morgan fingerprint density at radius 3 is 2.14 bits per heavy atom. The molecule has 0 saturated heterocycles. The zero-order valence-corrected chi connectivity index (χ0v) is 32.4. The molecule has 3 aromatic rings. The lowest BCUT2D eigenvalue weighted by Gasteiger charge is -2.18. The minimum Gasteiger partial charge on any atom is -0.480 e. The summed E-state index contributed by atoms with van der Waals surface area (Å²) in [5.74, 6) is -4.08. The second-order valence-corrected chi connectivity index (χ2v) is 15.0. The van der Waals surface area contributed by atoms with Crippen molar-refractivity contribution in [2.45, 2.75) is 58.0 Å². The first kappa shape index (κ1) is 44.4. The van der Waals surface area contributed by atoms with Crippen LogP contribution in [0.2, 0.25) is 10.0 Å². The molecule has 5 rings (SSSR count). The fraction of sp³-hybridized carbons (Fsp3) is 0.333. The van der Waals surface area contributed by atoms with Crippen LogP contribution in [0.15, 0.2) is 59.7 Å². The third kappa shape index (κ3) is 11.6. The van der Waals surface area contributed by atoms with Crippen molar-refractivity contribution in [2.24, 2.45) is 0 Å². The number of halogens is 6. The van der Waals surface area contributed by atoms with E-state index in [9.17, 15) is 55.3 Å². The molecular weight excluding hydrogens is 829 g/mol. The van der Waals surface area contributed by atoms with Gasteiger partial charge in [0.05, 0.1) is 39.1 Å². The summed E-state index contributed by atoms with van der Waals surface area (Å²) < 4.78 is 92.2. The van der Waals surface area contributed by atoms with Gasteiger partial charge in [0.2, 0.25) is 10.0 Å². The molecule has 0 spiro atoms. The van der Waals surface area contributed by atoms with Gasteiger partial charge in [-0.25, -0.2) is 27.2 Å². The van der Waals surface area contributed by atoms with Crippen LogP contribution in [0.5, 0.6) is 17.2 Å². The highest BCUT2D eigenvalue weighted by atomic mass is 35.5. The third-order valence-electron chi connectivity index (χ3n) is 8.16. The van der Waals surface area contributed by atoms with Crippen LogP contribution in [0.3, 0.4) is 0 Å². The number of esters is 1. The fourth-order valence-electron chi connectivity index (χ4n) is 5.51. The number of hydrogen-bond donors (Lipinski definition) is 1. The Morgan fingerprint density at radius 1 is 0.947 bits per heavy atom. The Labute approximate surface area is 332 Å². The molecule has 1 aliphatic heterocycles. The van der Waals surface area contributed by atoms with Crippen molar-refractivity contribution < 1.29 is 64.3 Å². The Balaban J connectivity index is 0.000000253. The van der Waals surface area contributed by atoms with Crippen molar-refractivity contribution in [3.05, 3.63) is 96.8 Å². The number of carbonyl (C=O) groups excluding carboxylic acids is 4. The molecule has 306 valence electrons. The summed E-state index contributed by atoms with van der Waals surface area (Å²) in [4.78, 5) is 60.1. The topological polar surface area (TPSA) is 189 Å². The van der Waals surface area contributed by atoms with E-state index in [1.165, 1.54) is 6.07 Å². The molecule has 0 radical (unpaired) electrons. The summed E-state index contributed by atoms with van der Waals surface area (Å²) in [5, 5.41) is 10.6. The van der Waals surface area contributed by atoms with Crippen LogP contribution in [0.25, 0.3) is 0 Å². The fourth-order valence-corrected chi connectivity index (χ4v) is 6.38. The zero-order valence-electron chi connectivity index (χ0n) is 30.0. The molecule has 14 nitrogen and oxygen atoms in total. The highest BCUT2D eigenvalue weighted by molar-refractivity contribution is 7.89. The SMILES string of the molecule is CCCCCOC(=O)COc1cc(N2C(=O)C3=C(CCCC3)C2=O)c(F)cc1Cl.CS(=O)(=O)NC(=O)c1cc(Oc2ccc(C(F)(F)F)cc2Cl)ccc1[N+](=O)[O-]. The predicted molar refractivity (Wildman–Crippen MR) is 197 cm³/mol. The zero-order chi connectivity index (χ0) is 42.2. The van der Waals surface area contributed by atoms with Gasteiger partial charge in [0, 0.05) is 29.3 Å². The van der Waals surface area contributed by atoms with Gasteiger partial charge < -0.3 is 14.2 Å². The molecule has 21 heteroatoms. The van der Waals surface area contributed by atoms with Gasteiger partial charge in [0.15, 0.2) is 6.61 Å². The molecule has 3 aromatic carbocycles. The molecule has 1 aliphatic carbocycles. The van der Waals surface area contributed by atoms with E-state index in [0.717, 1.165) is 67.3 Å². The number of hydrogen-bond acceptors (Lipinski definition) is 11. The van der Waals surface area contributed by atoms with Crippen molar-refractivity contribution in [3.8, 4) is 17.2 Å². The van der Waals surface area contributed by atoms with Gasteiger partial charge in [-0.05, 0) is 62.4 Å². The van der Waals surface area contributed by atoms with Gasteiger partial charge in [0.25, 0.3) is 23.4 Å². The Bertz CT molecular complexity index is 2210. The highest BCUT2D eigenvalue weighted by Gasteiger charge is 2.41. The van der Waals surface area contributed by atoms with E-state index in [1.54, 1.807) is 4.72 Å². The number of ether oxygens (including phenoxy) is 3. The average Bonchev–Trinajstić information content (AvgIpc) is 3.38. The molecule has 0 fully saturated rings. The van der Waals surface area contributed by atoms with Gasteiger partial charge >= 0.3 is 12.1 Å². The number of nitrogens with zero attached hydrogens (tertiary/aromatic N) is 2. The first-order valence-electron chi connectivity index (χ1n) is 16.9. The number of alkyl halides is 3. The monoisotopic (exact) mass is 861 g/mol. The molecule has 2 aliphatic rings. The number of anilines is 1. The lowest BCUT2D eigenvalue weighted by molar-refractivity contribution is -0.385. The van der Waals surface area contributed by atoms with Crippen LogP contribution in [0.1, 0.15) is 67.8 Å². The average molecular weight is 863 g/mol. The van der Waals surface area contributed by atoms with E-state index in [2.05, 4.69) is 0 Å². The van der Waals surface area contributed by atoms with E-state index >= 15 is 0 Å². The van der Waals surface area contributed by atoms with E-state index in [0.29, 0.717) is 49.0 Å². The number of unbranched alkanes of at least 4 members (excludes halogenated alkanes) is 2. The summed E-state index contributed by atoms with van der Waals surface area (Å²) in [7, 11) is -4.00. The Hall–Kier alpha value is -5.27. The van der Waals surface area contributed by atoms with Crippen molar-refractivity contribution in [1.82, 2.24) is 4.72 Å². The van der Waals surface area contributed by atoms with Crippen molar-refractivity contribution in [3.63, 3.8) is 0 Å². The largest absolute Gasteiger partial charge is 0.480 e. The molecule has 1 heterocycles. The number of nitrogens with one attached hydrogen (secondary N) is 1. The lowest BCUT2D eigenvalue weighted by atomic mass is 9.93. The smallest absolute Gasteiger partial charge is 0.416 e. The van der Waals surface area contributed by atoms with E-state index < -0.39 is 79.1 Å². The van der Waals surface area contributed by atoms with Crippen molar-refractivity contribution in [1.29, 1.82) is 0 Å². The number of carbonyl (C=O) groups is 4. The molecule has 57 heavy (non-hydrogen) atoms. The normalized spacial score (nSPS) is 14.1. The number of benzene rings is 3. The predicted octanol–water partition coefficient (Wildman–Crippen LogP) is 8.08. The molecule has 0 atom stereocenters. The summed E-state index contributed by atoms with van der Waals surface area (Å²) >= 11 is 11.8. The van der Waals surface area contributed by atoms with E-state index in [1.807, 2.05) is 6.92 Å². The molecule has 0 unspecified atom stereocenters.